The predicted octanol–water partition coefficient (Wildman–Crippen LogP) is 5.51. The molecule has 0 spiro atoms. The van der Waals surface area contributed by atoms with Crippen molar-refractivity contribution in [2.24, 2.45) is 11.8 Å². The number of allylic oxidation sites excluding steroid dienone is 3. The van der Waals surface area contributed by atoms with Gasteiger partial charge in [-0.1, -0.05) is 63.3 Å². The summed E-state index contributed by atoms with van der Waals surface area (Å²) in [6.07, 6.45) is 11.8. The van der Waals surface area contributed by atoms with Crippen LogP contribution in [-0.2, 0) is 0 Å². The van der Waals surface area contributed by atoms with Crippen LogP contribution in [-0.4, -0.2) is 0 Å². The maximum absolute atomic E-state index is 4.13. The Morgan fingerprint density at radius 3 is 2.69 bits per heavy atom. The Morgan fingerprint density at radius 1 is 1.38 bits per heavy atom. The van der Waals surface area contributed by atoms with Crippen LogP contribution in [0.5, 0.6) is 0 Å². The third-order valence-electron chi connectivity index (χ3n) is 3.82. The molecular weight excluding hydrogens is 192 g/mol. The number of unbranched alkanes of at least 4 members (excludes halogenated alkanes) is 1. The van der Waals surface area contributed by atoms with Gasteiger partial charge in [0.25, 0.3) is 0 Å². The molecule has 0 nitrogen and oxygen atoms in total. The third kappa shape index (κ3) is 4.55. The fraction of sp³-hybridized carbons (Fsp3) is 0.750. The Kier molecular flexibility index (Phi) is 5.87. The standard InChI is InChI=1S/C16H28/c1-5-7-8-15(6-2)12-16-10-13(3)9-14(4)11-16/h9,15-16H,3,5-8,10-12H2,1-2,4H3. The highest BCUT2D eigenvalue weighted by molar-refractivity contribution is 5.24. The van der Waals surface area contributed by atoms with Gasteiger partial charge in [0.15, 0.2) is 0 Å². The Morgan fingerprint density at radius 2 is 2.12 bits per heavy atom. The normalized spacial score (nSPS) is 23.1. The summed E-state index contributed by atoms with van der Waals surface area (Å²) in [6.45, 7) is 11.0. The van der Waals surface area contributed by atoms with Gasteiger partial charge < -0.3 is 0 Å². The van der Waals surface area contributed by atoms with Crippen molar-refractivity contribution in [1.29, 1.82) is 0 Å². The Labute approximate surface area is 102 Å². The van der Waals surface area contributed by atoms with E-state index in [4.69, 9.17) is 0 Å². The van der Waals surface area contributed by atoms with E-state index in [1.54, 1.807) is 0 Å². The summed E-state index contributed by atoms with van der Waals surface area (Å²) >= 11 is 0. The monoisotopic (exact) mass is 220 g/mol. The molecule has 2 unspecified atom stereocenters. The minimum Gasteiger partial charge on any atom is -0.0958 e. The molecule has 0 heteroatoms. The van der Waals surface area contributed by atoms with Crippen molar-refractivity contribution in [3.05, 3.63) is 23.8 Å². The molecule has 0 aromatic rings. The lowest BCUT2D eigenvalue weighted by atomic mass is 9.79. The van der Waals surface area contributed by atoms with Gasteiger partial charge in [0.2, 0.25) is 0 Å². The molecule has 0 saturated carbocycles. The quantitative estimate of drug-likeness (QED) is 0.554. The molecule has 0 radical (unpaired) electrons. The molecule has 0 aromatic carbocycles. The second-order valence-electron chi connectivity index (χ2n) is 5.58. The zero-order valence-electron chi connectivity index (χ0n) is 11.4. The number of hydrogen-bond donors (Lipinski definition) is 0. The molecule has 0 fully saturated rings. The van der Waals surface area contributed by atoms with Gasteiger partial charge in [0, 0.05) is 0 Å². The molecule has 0 bridgehead atoms. The Hall–Kier alpha value is -0.520. The zero-order valence-corrected chi connectivity index (χ0v) is 11.4. The number of rotatable bonds is 6. The lowest BCUT2D eigenvalue weighted by molar-refractivity contribution is 0.329. The van der Waals surface area contributed by atoms with E-state index in [0.717, 1.165) is 11.8 Å². The van der Waals surface area contributed by atoms with Crippen LogP contribution in [0.1, 0.15) is 65.7 Å². The van der Waals surface area contributed by atoms with Crippen LogP contribution in [0.25, 0.3) is 0 Å². The molecule has 1 aliphatic carbocycles. The average molecular weight is 220 g/mol. The van der Waals surface area contributed by atoms with E-state index in [2.05, 4.69) is 33.4 Å². The van der Waals surface area contributed by atoms with Gasteiger partial charge in [-0.05, 0) is 38.0 Å². The minimum absolute atomic E-state index is 0.874. The summed E-state index contributed by atoms with van der Waals surface area (Å²) < 4.78 is 0. The van der Waals surface area contributed by atoms with E-state index in [1.807, 2.05) is 0 Å². The second-order valence-corrected chi connectivity index (χ2v) is 5.58. The van der Waals surface area contributed by atoms with Crippen molar-refractivity contribution in [2.75, 3.05) is 0 Å². The van der Waals surface area contributed by atoms with E-state index in [9.17, 15) is 0 Å². The lowest BCUT2D eigenvalue weighted by Crippen LogP contribution is -2.12. The van der Waals surface area contributed by atoms with Crippen molar-refractivity contribution < 1.29 is 0 Å². The molecule has 1 aliphatic rings. The van der Waals surface area contributed by atoms with Crippen LogP contribution in [0.3, 0.4) is 0 Å². The summed E-state index contributed by atoms with van der Waals surface area (Å²) in [7, 11) is 0. The first kappa shape index (κ1) is 13.5. The van der Waals surface area contributed by atoms with Crippen LogP contribution < -0.4 is 0 Å². The Bertz CT molecular complexity index is 247. The third-order valence-corrected chi connectivity index (χ3v) is 3.82. The molecule has 1 rings (SSSR count). The number of hydrogen-bond acceptors (Lipinski definition) is 0. The smallest absolute Gasteiger partial charge is 0.0253 e. The fourth-order valence-corrected chi connectivity index (χ4v) is 2.98. The zero-order chi connectivity index (χ0) is 12.0. The van der Waals surface area contributed by atoms with Gasteiger partial charge in [-0.25, -0.2) is 0 Å². The van der Waals surface area contributed by atoms with Crippen LogP contribution in [0.2, 0.25) is 0 Å². The van der Waals surface area contributed by atoms with Gasteiger partial charge in [0.1, 0.15) is 0 Å². The molecule has 0 aromatic heterocycles. The Balaban J connectivity index is 2.40. The molecule has 92 valence electrons. The summed E-state index contributed by atoms with van der Waals surface area (Å²) in [6, 6.07) is 0. The highest BCUT2D eigenvalue weighted by Gasteiger charge is 2.19. The molecule has 0 N–H and O–H groups in total. The van der Waals surface area contributed by atoms with Crippen molar-refractivity contribution >= 4 is 0 Å². The van der Waals surface area contributed by atoms with E-state index >= 15 is 0 Å². The summed E-state index contributed by atoms with van der Waals surface area (Å²) in [4.78, 5) is 0. The van der Waals surface area contributed by atoms with Crippen LogP contribution >= 0.6 is 0 Å². The van der Waals surface area contributed by atoms with Crippen molar-refractivity contribution in [3.8, 4) is 0 Å². The molecular formula is C16H28. The van der Waals surface area contributed by atoms with Gasteiger partial charge in [-0.15, -0.1) is 0 Å². The van der Waals surface area contributed by atoms with E-state index in [-0.39, 0.29) is 0 Å². The summed E-state index contributed by atoms with van der Waals surface area (Å²) in [5.74, 6) is 1.82. The van der Waals surface area contributed by atoms with Crippen LogP contribution in [0, 0.1) is 11.8 Å². The molecule has 0 saturated heterocycles. The highest BCUT2D eigenvalue weighted by Crippen LogP contribution is 2.33. The van der Waals surface area contributed by atoms with Crippen molar-refractivity contribution in [1.82, 2.24) is 0 Å². The van der Waals surface area contributed by atoms with E-state index in [1.165, 1.54) is 56.1 Å². The van der Waals surface area contributed by atoms with Crippen molar-refractivity contribution in [3.63, 3.8) is 0 Å². The molecule has 0 amide bonds. The molecule has 0 aliphatic heterocycles. The first-order valence-electron chi connectivity index (χ1n) is 7.00. The van der Waals surface area contributed by atoms with Gasteiger partial charge >= 0.3 is 0 Å². The first-order valence-corrected chi connectivity index (χ1v) is 7.00. The molecule has 2 atom stereocenters. The SMILES string of the molecule is C=C1C=C(C)CC(CC(CC)CCCC)C1. The van der Waals surface area contributed by atoms with Gasteiger partial charge in [-0.3, -0.25) is 0 Å². The maximum atomic E-state index is 4.13. The second kappa shape index (κ2) is 6.93. The van der Waals surface area contributed by atoms with E-state index < -0.39 is 0 Å². The lowest BCUT2D eigenvalue weighted by Gasteiger charge is -2.26. The first-order chi connectivity index (χ1) is 7.65. The van der Waals surface area contributed by atoms with Crippen molar-refractivity contribution in [2.45, 2.75) is 65.7 Å². The van der Waals surface area contributed by atoms with E-state index in [0.29, 0.717) is 0 Å². The molecule has 16 heavy (non-hydrogen) atoms. The molecule has 0 heterocycles. The van der Waals surface area contributed by atoms with Gasteiger partial charge in [0.05, 0.1) is 0 Å². The minimum atomic E-state index is 0.874. The topological polar surface area (TPSA) is 0 Å². The maximum Gasteiger partial charge on any atom is -0.0253 e. The summed E-state index contributed by atoms with van der Waals surface area (Å²) in [5, 5.41) is 0. The average Bonchev–Trinajstić information content (AvgIpc) is 2.22. The largest absolute Gasteiger partial charge is 0.0958 e. The highest BCUT2D eigenvalue weighted by atomic mass is 14.2. The van der Waals surface area contributed by atoms with Crippen LogP contribution in [0.4, 0.5) is 0 Å². The fourth-order valence-electron chi connectivity index (χ4n) is 2.98. The van der Waals surface area contributed by atoms with Crippen LogP contribution in [0.15, 0.2) is 23.8 Å². The summed E-state index contributed by atoms with van der Waals surface area (Å²) in [5.41, 5.74) is 2.88. The predicted molar refractivity (Wildman–Crippen MR) is 73.5 cm³/mol. The van der Waals surface area contributed by atoms with Gasteiger partial charge in [-0.2, -0.15) is 0 Å².